The Morgan fingerprint density at radius 1 is 0.522 bits per heavy atom. The lowest BCUT2D eigenvalue weighted by Crippen LogP contribution is -2.35. The third kappa shape index (κ3) is 6.96. The number of amides is 2. The molecule has 2 amide bonds. The third-order valence-corrected chi connectivity index (χ3v) is 7.22. The number of benzene rings is 4. The summed E-state index contributed by atoms with van der Waals surface area (Å²) in [5.41, 5.74) is 16.1. The minimum Gasteiger partial charge on any atom is -0.493 e. The normalized spacial score (nSPS) is 10.5. The first-order chi connectivity index (χ1) is 22.2. The van der Waals surface area contributed by atoms with Gasteiger partial charge in [-0.25, -0.2) is 0 Å². The maximum atomic E-state index is 13.4. The van der Waals surface area contributed by atoms with Crippen molar-refractivity contribution in [3.05, 3.63) is 71.8 Å². The molecule has 12 nitrogen and oxygen atoms in total. The molecule has 0 aliphatic rings. The number of ether oxygens (including phenoxy) is 6. The van der Waals surface area contributed by atoms with Crippen LogP contribution in [0.2, 0.25) is 0 Å². The topological polar surface area (TPSA) is 166 Å². The first-order valence-electron chi connectivity index (χ1n) is 14.2. The average molecular weight is 631 g/mol. The summed E-state index contributed by atoms with van der Waals surface area (Å²) in [6.07, 6.45) is 0. The van der Waals surface area contributed by atoms with Gasteiger partial charge in [-0.15, -0.1) is 0 Å². The van der Waals surface area contributed by atoms with Gasteiger partial charge in [-0.05, 0) is 70.8 Å². The predicted molar refractivity (Wildman–Crippen MR) is 177 cm³/mol. The molecule has 0 saturated carbocycles. The zero-order chi connectivity index (χ0) is 33.4. The Hall–Kier alpha value is -5.78. The molecule has 0 aliphatic carbocycles. The minimum atomic E-state index is -0.382. The van der Waals surface area contributed by atoms with Crippen molar-refractivity contribution in [1.82, 2.24) is 10.6 Å². The number of hydrogen-bond acceptors (Lipinski definition) is 10. The third-order valence-electron chi connectivity index (χ3n) is 7.22. The molecule has 12 heteroatoms. The zero-order valence-electron chi connectivity index (χ0n) is 26.6. The van der Waals surface area contributed by atoms with Crippen LogP contribution >= 0.6 is 0 Å². The number of carbonyl (C=O) groups is 2. The van der Waals surface area contributed by atoms with Crippen LogP contribution in [0.5, 0.6) is 34.5 Å². The molecule has 4 aromatic rings. The van der Waals surface area contributed by atoms with Gasteiger partial charge >= 0.3 is 0 Å². The van der Waals surface area contributed by atoms with Crippen LogP contribution in [0.1, 0.15) is 20.7 Å². The fourth-order valence-electron chi connectivity index (χ4n) is 5.02. The van der Waals surface area contributed by atoms with E-state index in [4.69, 9.17) is 39.9 Å². The number of rotatable bonds is 13. The van der Waals surface area contributed by atoms with Crippen LogP contribution in [0.3, 0.4) is 0 Å². The summed E-state index contributed by atoms with van der Waals surface area (Å²) in [6, 6.07) is 17.1. The molecule has 0 fully saturated rings. The van der Waals surface area contributed by atoms with Gasteiger partial charge in [-0.3, -0.25) is 9.59 Å². The van der Waals surface area contributed by atoms with Crippen molar-refractivity contribution < 1.29 is 38.0 Å². The molecule has 0 saturated heterocycles. The number of hydrogen-bond donors (Lipinski definition) is 4. The second-order valence-corrected chi connectivity index (χ2v) is 9.95. The average Bonchev–Trinajstić information content (AvgIpc) is 3.08. The molecular weight excluding hydrogens is 592 g/mol. The van der Waals surface area contributed by atoms with Crippen LogP contribution in [0.15, 0.2) is 60.7 Å². The Morgan fingerprint density at radius 3 is 1.13 bits per heavy atom. The molecule has 4 aromatic carbocycles. The summed E-state index contributed by atoms with van der Waals surface area (Å²) in [5, 5.41) is 5.71. The van der Waals surface area contributed by atoms with Crippen LogP contribution in [0.4, 0.5) is 11.4 Å². The summed E-state index contributed by atoms with van der Waals surface area (Å²) < 4.78 is 32.8. The molecule has 0 aromatic heterocycles. The maximum Gasteiger partial charge on any atom is 0.252 e. The Kier molecular flexibility index (Phi) is 10.7. The van der Waals surface area contributed by atoms with Crippen molar-refractivity contribution in [1.29, 1.82) is 0 Å². The standard InChI is InChI=1S/C34H38N4O8/c1-41-27-13-19(14-28(42-2)31(27)45-5)23-9-7-21(35)17-25(23)33(39)37-11-12-38-34(40)26-18-22(36)8-10-24(26)20-15-29(43-3)32(46-6)30(16-20)44-4/h7-10,13-18H,11-12,35-36H2,1-6H3,(H,37,39)(H,38,40). The van der Waals surface area contributed by atoms with Crippen molar-refractivity contribution in [2.45, 2.75) is 0 Å². The molecular formula is C34H38N4O8. The Morgan fingerprint density at radius 2 is 0.848 bits per heavy atom. The van der Waals surface area contributed by atoms with Crippen molar-refractivity contribution in [3.63, 3.8) is 0 Å². The van der Waals surface area contributed by atoms with Gasteiger partial charge in [0.25, 0.3) is 11.8 Å². The molecule has 0 radical (unpaired) electrons. The van der Waals surface area contributed by atoms with Crippen LogP contribution < -0.4 is 50.5 Å². The van der Waals surface area contributed by atoms with Gasteiger partial charge in [0, 0.05) is 35.6 Å². The molecule has 46 heavy (non-hydrogen) atoms. The second-order valence-electron chi connectivity index (χ2n) is 9.95. The lowest BCUT2D eigenvalue weighted by molar-refractivity contribution is 0.0928. The van der Waals surface area contributed by atoms with Crippen LogP contribution in [-0.2, 0) is 0 Å². The molecule has 0 unspecified atom stereocenters. The summed E-state index contributed by atoms with van der Waals surface area (Å²) >= 11 is 0. The first-order valence-corrected chi connectivity index (χ1v) is 14.2. The highest BCUT2D eigenvalue weighted by Gasteiger charge is 2.21. The Bertz CT molecular complexity index is 1560. The fourth-order valence-corrected chi connectivity index (χ4v) is 5.02. The van der Waals surface area contributed by atoms with E-state index in [1.165, 1.54) is 42.7 Å². The molecule has 0 aliphatic heterocycles. The number of nitrogens with one attached hydrogen (secondary N) is 2. The number of carbonyl (C=O) groups excluding carboxylic acids is 2. The van der Waals surface area contributed by atoms with Crippen molar-refractivity contribution >= 4 is 23.2 Å². The number of nitrogen functional groups attached to an aromatic ring is 2. The first kappa shape index (κ1) is 33.1. The van der Waals surface area contributed by atoms with Crippen LogP contribution in [0, 0.1) is 0 Å². The van der Waals surface area contributed by atoms with E-state index in [1.807, 2.05) is 0 Å². The molecule has 242 valence electrons. The minimum absolute atomic E-state index is 0.135. The quantitative estimate of drug-likeness (QED) is 0.123. The van der Waals surface area contributed by atoms with Gasteiger partial charge in [-0.2, -0.15) is 0 Å². The van der Waals surface area contributed by atoms with E-state index in [9.17, 15) is 9.59 Å². The van der Waals surface area contributed by atoms with Gasteiger partial charge < -0.3 is 50.5 Å². The van der Waals surface area contributed by atoms with E-state index in [2.05, 4.69) is 10.6 Å². The smallest absolute Gasteiger partial charge is 0.252 e. The van der Waals surface area contributed by atoms with E-state index < -0.39 is 0 Å². The molecule has 6 N–H and O–H groups in total. The Balaban J connectivity index is 1.52. The molecule has 0 spiro atoms. The van der Waals surface area contributed by atoms with Crippen molar-refractivity contribution in [2.75, 3.05) is 67.2 Å². The van der Waals surface area contributed by atoms with Gasteiger partial charge in [0.1, 0.15) is 0 Å². The lowest BCUT2D eigenvalue weighted by Gasteiger charge is -2.17. The van der Waals surface area contributed by atoms with Gasteiger partial charge in [0.2, 0.25) is 11.5 Å². The summed E-state index contributed by atoms with van der Waals surface area (Å²) in [5.74, 6) is 1.86. The van der Waals surface area contributed by atoms with Crippen LogP contribution in [0.25, 0.3) is 22.3 Å². The highest BCUT2D eigenvalue weighted by atomic mass is 16.5. The van der Waals surface area contributed by atoms with Crippen molar-refractivity contribution in [2.24, 2.45) is 0 Å². The van der Waals surface area contributed by atoms with E-state index in [0.29, 0.717) is 79.3 Å². The monoisotopic (exact) mass is 630 g/mol. The summed E-state index contributed by atoms with van der Waals surface area (Å²) in [7, 11) is 9.10. The molecule has 0 bridgehead atoms. The number of anilines is 2. The van der Waals surface area contributed by atoms with E-state index in [-0.39, 0.29) is 24.9 Å². The largest absolute Gasteiger partial charge is 0.493 e. The van der Waals surface area contributed by atoms with Gasteiger partial charge in [-0.1, -0.05) is 12.1 Å². The molecule has 0 atom stereocenters. The van der Waals surface area contributed by atoms with Crippen molar-refractivity contribution in [3.8, 4) is 56.8 Å². The van der Waals surface area contributed by atoms with Gasteiger partial charge in [0.05, 0.1) is 42.7 Å². The molecule has 4 rings (SSSR count). The SMILES string of the molecule is COc1cc(-c2ccc(N)cc2C(=O)NCCNC(=O)c2cc(N)ccc2-c2cc(OC)c(OC)c(OC)c2)cc(OC)c1OC. The Labute approximate surface area is 267 Å². The fraction of sp³-hybridized carbons (Fsp3) is 0.235. The maximum absolute atomic E-state index is 13.4. The highest BCUT2D eigenvalue weighted by Crippen LogP contribution is 2.43. The van der Waals surface area contributed by atoms with Crippen LogP contribution in [-0.4, -0.2) is 67.6 Å². The van der Waals surface area contributed by atoms with E-state index in [1.54, 1.807) is 60.7 Å². The second kappa shape index (κ2) is 14.8. The predicted octanol–water partition coefficient (Wildman–Crippen LogP) is 4.40. The molecule has 0 heterocycles. The van der Waals surface area contributed by atoms with Gasteiger partial charge in [0.15, 0.2) is 23.0 Å². The summed E-state index contributed by atoms with van der Waals surface area (Å²) in [6.45, 7) is 0.270. The van der Waals surface area contributed by atoms with E-state index in [0.717, 1.165) is 0 Å². The van der Waals surface area contributed by atoms with E-state index >= 15 is 0 Å². The highest BCUT2D eigenvalue weighted by molar-refractivity contribution is 6.03. The zero-order valence-corrected chi connectivity index (χ0v) is 26.6. The lowest BCUT2D eigenvalue weighted by atomic mass is 9.97. The number of methoxy groups -OCH3 is 6. The number of nitrogens with two attached hydrogens (primary N) is 2. The summed E-state index contributed by atoms with van der Waals surface area (Å²) in [4.78, 5) is 26.8.